The van der Waals surface area contributed by atoms with Crippen molar-refractivity contribution >= 4 is 29.7 Å². The first-order valence-corrected chi connectivity index (χ1v) is 8.83. The van der Waals surface area contributed by atoms with Gasteiger partial charge in [0.1, 0.15) is 5.75 Å². The number of methoxy groups -OCH3 is 1. The maximum Gasteiger partial charge on any atom is 0.253 e. The Labute approximate surface area is 154 Å². The van der Waals surface area contributed by atoms with Crippen LogP contribution in [0.2, 0.25) is 0 Å². The van der Waals surface area contributed by atoms with Gasteiger partial charge in [0.05, 0.1) is 19.1 Å². The molecule has 9 heteroatoms. The van der Waals surface area contributed by atoms with Crippen molar-refractivity contribution in [3.8, 4) is 5.75 Å². The molecule has 3 rings (SSSR count). The number of fused-ring (bicyclic) bond motifs is 1. The van der Waals surface area contributed by atoms with Crippen molar-refractivity contribution in [2.24, 2.45) is 5.10 Å². The number of aryl methyl sites for hydroxylation is 2. The van der Waals surface area contributed by atoms with E-state index in [0.717, 1.165) is 22.7 Å². The van der Waals surface area contributed by atoms with Crippen molar-refractivity contribution in [3.63, 3.8) is 0 Å². The van der Waals surface area contributed by atoms with Crippen LogP contribution in [-0.2, 0) is 4.79 Å². The van der Waals surface area contributed by atoms with Gasteiger partial charge in [-0.05, 0) is 49.7 Å². The first-order chi connectivity index (χ1) is 12.5. The third kappa shape index (κ3) is 4.37. The monoisotopic (exact) mass is 370 g/mol. The van der Waals surface area contributed by atoms with Crippen LogP contribution in [0.15, 0.2) is 40.6 Å². The smallest absolute Gasteiger partial charge is 0.253 e. The molecule has 1 aromatic carbocycles. The Balaban J connectivity index is 1.53. The van der Waals surface area contributed by atoms with Crippen LogP contribution < -0.4 is 10.2 Å². The Kier molecular flexibility index (Phi) is 5.47. The molecule has 2 aromatic heterocycles. The van der Waals surface area contributed by atoms with E-state index in [-0.39, 0.29) is 11.7 Å². The van der Waals surface area contributed by atoms with Crippen LogP contribution in [-0.4, -0.2) is 44.6 Å². The summed E-state index contributed by atoms with van der Waals surface area (Å²) in [6, 6.07) is 9.27. The predicted octanol–water partition coefficient (Wildman–Crippen LogP) is 1.99. The summed E-state index contributed by atoms with van der Waals surface area (Å²) >= 11 is 1.23. The van der Waals surface area contributed by atoms with Gasteiger partial charge in [-0.15, -0.1) is 5.10 Å². The van der Waals surface area contributed by atoms with Crippen molar-refractivity contribution in [3.05, 3.63) is 47.3 Å². The lowest BCUT2D eigenvalue weighted by molar-refractivity contribution is -0.118. The van der Waals surface area contributed by atoms with E-state index in [9.17, 15) is 4.79 Å². The summed E-state index contributed by atoms with van der Waals surface area (Å²) in [7, 11) is 1.61. The second-order valence-electron chi connectivity index (χ2n) is 5.50. The molecule has 0 saturated heterocycles. The van der Waals surface area contributed by atoms with Gasteiger partial charge in [0.15, 0.2) is 0 Å². The van der Waals surface area contributed by atoms with Gasteiger partial charge < -0.3 is 4.74 Å². The molecule has 1 N–H and O–H groups in total. The normalized spacial score (nSPS) is 11.2. The molecule has 0 radical (unpaired) electrons. The molecule has 134 valence electrons. The number of nitrogens with one attached hydrogen (secondary N) is 1. The number of nitrogens with zero attached hydrogens (tertiary/aromatic N) is 5. The Bertz CT molecular complexity index is 952. The van der Waals surface area contributed by atoms with E-state index in [4.69, 9.17) is 4.74 Å². The molecule has 1 amide bonds. The van der Waals surface area contributed by atoms with Gasteiger partial charge in [0, 0.05) is 11.4 Å². The molecule has 0 aliphatic carbocycles. The van der Waals surface area contributed by atoms with Gasteiger partial charge in [-0.25, -0.2) is 14.9 Å². The lowest BCUT2D eigenvalue weighted by Gasteiger charge is -1.99. The molecular formula is C17H18N6O2S. The first kappa shape index (κ1) is 17.9. The van der Waals surface area contributed by atoms with Crippen molar-refractivity contribution in [2.45, 2.75) is 19.0 Å². The van der Waals surface area contributed by atoms with Gasteiger partial charge in [-0.2, -0.15) is 10.1 Å². The van der Waals surface area contributed by atoms with Crippen molar-refractivity contribution in [1.29, 1.82) is 0 Å². The molecule has 0 bridgehead atoms. The summed E-state index contributed by atoms with van der Waals surface area (Å²) in [4.78, 5) is 20.5. The van der Waals surface area contributed by atoms with Crippen molar-refractivity contribution in [2.75, 3.05) is 12.9 Å². The maximum absolute atomic E-state index is 11.9. The molecule has 0 fully saturated rings. The fourth-order valence-electron chi connectivity index (χ4n) is 2.24. The van der Waals surface area contributed by atoms with Crippen molar-refractivity contribution in [1.82, 2.24) is 25.0 Å². The first-order valence-electron chi connectivity index (χ1n) is 7.85. The third-order valence-corrected chi connectivity index (χ3v) is 4.29. The quantitative estimate of drug-likeness (QED) is 0.405. The molecule has 0 aliphatic rings. The van der Waals surface area contributed by atoms with Gasteiger partial charge in [0.25, 0.3) is 11.7 Å². The number of hydrogen-bond acceptors (Lipinski definition) is 7. The van der Waals surface area contributed by atoms with Gasteiger partial charge >= 0.3 is 0 Å². The summed E-state index contributed by atoms with van der Waals surface area (Å²) in [5.74, 6) is 1.22. The van der Waals surface area contributed by atoms with Crippen LogP contribution >= 0.6 is 11.8 Å². The fourth-order valence-corrected chi connectivity index (χ4v) is 2.85. The lowest BCUT2D eigenvalue weighted by Crippen LogP contribution is -2.19. The van der Waals surface area contributed by atoms with Crippen LogP contribution in [0, 0.1) is 13.8 Å². The minimum atomic E-state index is -0.237. The van der Waals surface area contributed by atoms with E-state index in [1.165, 1.54) is 11.8 Å². The van der Waals surface area contributed by atoms with Gasteiger partial charge in [0.2, 0.25) is 5.16 Å². The van der Waals surface area contributed by atoms with Crippen LogP contribution in [0.3, 0.4) is 0 Å². The van der Waals surface area contributed by atoms with E-state index < -0.39 is 0 Å². The predicted molar refractivity (Wildman–Crippen MR) is 99.7 cm³/mol. The van der Waals surface area contributed by atoms with E-state index >= 15 is 0 Å². The molecule has 3 aromatic rings. The number of amides is 1. The summed E-state index contributed by atoms with van der Waals surface area (Å²) in [6.45, 7) is 3.84. The standard InChI is InChI=1S/C17H18N6O2S/c1-11-8-12(2)23-16(19-11)20-17(22-23)26-10-15(24)21-18-9-13-4-6-14(25-3)7-5-13/h4-9H,10H2,1-3H3,(H,21,24). The highest BCUT2D eigenvalue weighted by Gasteiger charge is 2.10. The average Bonchev–Trinajstić information content (AvgIpc) is 3.04. The van der Waals surface area contributed by atoms with Crippen LogP contribution in [0.25, 0.3) is 5.78 Å². The molecule has 0 atom stereocenters. The zero-order chi connectivity index (χ0) is 18.5. The number of hydrogen-bond donors (Lipinski definition) is 1. The number of carbonyl (C=O) groups is 1. The number of carbonyl (C=O) groups excluding carboxylic acids is 1. The minimum absolute atomic E-state index is 0.162. The molecule has 2 heterocycles. The average molecular weight is 370 g/mol. The highest BCUT2D eigenvalue weighted by molar-refractivity contribution is 7.99. The van der Waals surface area contributed by atoms with E-state index in [1.807, 2.05) is 44.2 Å². The zero-order valence-electron chi connectivity index (χ0n) is 14.6. The number of benzene rings is 1. The summed E-state index contributed by atoms with van der Waals surface area (Å²) < 4.78 is 6.75. The number of thioether (sulfide) groups is 1. The maximum atomic E-state index is 11.9. The fraction of sp³-hybridized carbons (Fsp3) is 0.235. The van der Waals surface area contributed by atoms with Crippen LogP contribution in [0.4, 0.5) is 0 Å². The zero-order valence-corrected chi connectivity index (χ0v) is 15.4. The Hall–Kier alpha value is -2.94. The second kappa shape index (κ2) is 7.96. The topological polar surface area (TPSA) is 93.8 Å². The molecule has 0 saturated carbocycles. The van der Waals surface area contributed by atoms with Crippen LogP contribution in [0.1, 0.15) is 17.0 Å². The van der Waals surface area contributed by atoms with Gasteiger partial charge in [-0.1, -0.05) is 11.8 Å². The summed E-state index contributed by atoms with van der Waals surface area (Å²) in [6.07, 6.45) is 1.57. The minimum Gasteiger partial charge on any atom is -0.497 e. The molecule has 8 nitrogen and oxygen atoms in total. The molecule has 0 aliphatic heterocycles. The Morgan fingerprint density at radius 2 is 2.08 bits per heavy atom. The van der Waals surface area contributed by atoms with E-state index in [2.05, 4.69) is 25.6 Å². The van der Waals surface area contributed by atoms with Gasteiger partial charge in [-0.3, -0.25) is 4.79 Å². The Morgan fingerprint density at radius 1 is 1.31 bits per heavy atom. The Morgan fingerprint density at radius 3 is 2.81 bits per heavy atom. The second-order valence-corrected chi connectivity index (χ2v) is 6.44. The number of aromatic nitrogens is 4. The molecule has 26 heavy (non-hydrogen) atoms. The number of rotatable bonds is 6. The molecular weight excluding hydrogens is 352 g/mol. The largest absolute Gasteiger partial charge is 0.497 e. The SMILES string of the molecule is COc1ccc(C=NNC(=O)CSc2nc3nc(C)cc(C)n3n2)cc1. The summed E-state index contributed by atoms with van der Waals surface area (Å²) in [5, 5.41) is 8.79. The molecule has 0 unspecified atom stereocenters. The molecule has 0 spiro atoms. The lowest BCUT2D eigenvalue weighted by atomic mass is 10.2. The summed E-state index contributed by atoms with van der Waals surface area (Å²) in [5.41, 5.74) is 5.17. The van der Waals surface area contributed by atoms with Crippen LogP contribution in [0.5, 0.6) is 5.75 Å². The number of ether oxygens (including phenoxy) is 1. The third-order valence-electron chi connectivity index (χ3n) is 3.45. The highest BCUT2D eigenvalue weighted by atomic mass is 32.2. The van der Waals surface area contributed by atoms with E-state index in [0.29, 0.717) is 10.9 Å². The van der Waals surface area contributed by atoms with E-state index in [1.54, 1.807) is 17.8 Å². The highest BCUT2D eigenvalue weighted by Crippen LogP contribution is 2.15. The van der Waals surface area contributed by atoms with Crippen molar-refractivity contribution < 1.29 is 9.53 Å². The number of hydrazone groups is 1.